The predicted molar refractivity (Wildman–Crippen MR) is 122 cm³/mol. The van der Waals surface area contributed by atoms with Gasteiger partial charge in [-0.05, 0) is 59.1 Å². The lowest BCUT2D eigenvalue weighted by atomic mass is 9.94. The fourth-order valence-corrected chi connectivity index (χ4v) is 4.56. The zero-order chi connectivity index (χ0) is 19.5. The number of hydrogen-bond donors (Lipinski definition) is 0. The Balaban J connectivity index is 1.49. The van der Waals surface area contributed by atoms with Crippen LogP contribution in [-0.2, 0) is 6.42 Å². The highest BCUT2D eigenvalue weighted by atomic mass is 16.5. The Hall–Kier alpha value is -2.84. The molecule has 1 fully saturated rings. The molecule has 0 unspecified atom stereocenters. The van der Waals surface area contributed by atoms with Gasteiger partial charge in [0.1, 0.15) is 12.4 Å². The van der Waals surface area contributed by atoms with Gasteiger partial charge in [0.15, 0.2) is 0 Å². The van der Waals surface area contributed by atoms with Crippen LogP contribution < -0.4 is 4.74 Å². The van der Waals surface area contributed by atoms with Crippen LogP contribution >= 0.6 is 0 Å². The van der Waals surface area contributed by atoms with Crippen molar-refractivity contribution in [1.82, 2.24) is 4.90 Å². The molecule has 0 amide bonds. The number of benzene rings is 4. The van der Waals surface area contributed by atoms with E-state index in [0.717, 1.165) is 25.3 Å². The van der Waals surface area contributed by atoms with E-state index in [1.165, 1.54) is 58.6 Å². The van der Waals surface area contributed by atoms with E-state index < -0.39 is 0 Å². The highest BCUT2D eigenvalue weighted by molar-refractivity contribution is 5.90. The minimum absolute atomic E-state index is 0.751. The largest absolute Gasteiger partial charge is 0.492 e. The molecule has 0 spiro atoms. The lowest BCUT2D eigenvalue weighted by Crippen LogP contribution is -2.25. The van der Waals surface area contributed by atoms with Gasteiger partial charge in [0.05, 0.1) is 0 Å². The SMILES string of the molecule is c1ccc2c(Cc3c(OCCN4CCCC4)ccc4ccccc34)cccc2c1. The van der Waals surface area contributed by atoms with Crippen molar-refractivity contribution in [1.29, 1.82) is 0 Å². The van der Waals surface area contributed by atoms with Crippen molar-refractivity contribution in [3.8, 4) is 5.75 Å². The van der Waals surface area contributed by atoms with E-state index in [1.807, 2.05) is 0 Å². The fraction of sp³-hybridized carbons (Fsp3) is 0.259. The predicted octanol–water partition coefficient (Wildman–Crippen LogP) is 6.06. The minimum Gasteiger partial charge on any atom is -0.492 e. The van der Waals surface area contributed by atoms with Gasteiger partial charge in [-0.15, -0.1) is 0 Å². The lowest BCUT2D eigenvalue weighted by Gasteiger charge is -2.18. The van der Waals surface area contributed by atoms with Crippen LogP contribution in [0.2, 0.25) is 0 Å². The van der Waals surface area contributed by atoms with E-state index in [0.29, 0.717) is 0 Å². The Labute approximate surface area is 172 Å². The third-order valence-electron chi connectivity index (χ3n) is 6.11. The molecule has 5 rings (SSSR count). The van der Waals surface area contributed by atoms with Crippen molar-refractivity contribution in [2.45, 2.75) is 19.3 Å². The summed E-state index contributed by atoms with van der Waals surface area (Å²) in [6.07, 6.45) is 3.52. The first-order chi connectivity index (χ1) is 14.4. The molecule has 1 aliphatic rings. The molecule has 0 aliphatic carbocycles. The zero-order valence-corrected chi connectivity index (χ0v) is 16.8. The summed E-state index contributed by atoms with van der Waals surface area (Å²) in [5.41, 5.74) is 2.64. The molecule has 1 aliphatic heterocycles. The number of nitrogens with zero attached hydrogens (tertiary/aromatic N) is 1. The van der Waals surface area contributed by atoms with Crippen LogP contribution in [0, 0.1) is 0 Å². The highest BCUT2D eigenvalue weighted by Gasteiger charge is 2.14. The van der Waals surface area contributed by atoms with Gasteiger partial charge in [-0.25, -0.2) is 0 Å². The van der Waals surface area contributed by atoms with Crippen molar-refractivity contribution in [2.24, 2.45) is 0 Å². The monoisotopic (exact) mass is 381 g/mol. The van der Waals surface area contributed by atoms with Crippen LogP contribution in [0.5, 0.6) is 5.75 Å². The number of fused-ring (bicyclic) bond motifs is 2. The third-order valence-corrected chi connectivity index (χ3v) is 6.11. The van der Waals surface area contributed by atoms with E-state index in [1.54, 1.807) is 0 Å². The summed E-state index contributed by atoms with van der Waals surface area (Å²) in [5, 5.41) is 5.18. The molecule has 4 aromatic carbocycles. The van der Waals surface area contributed by atoms with Crippen LogP contribution in [0.1, 0.15) is 24.0 Å². The average Bonchev–Trinajstić information content (AvgIpc) is 3.29. The second kappa shape index (κ2) is 8.26. The van der Waals surface area contributed by atoms with Gasteiger partial charge >= 0.3 is 0 Å². The molecule has 0 saturated carbocycles. The summed E-state index contributed by atoms with van der Waals surface area (Å²) >= 11 is 0. The smallest absolute Gasteiger partial charge is 0.123 e. The Kier molecular flexibility index (Phi) is 5.19. The van der Waals surface area contributed by atoms with E-state index in [9.17, 15) is 0 Å². The minimum atomic E-state index is 0.751. The number of rotatable bonds is 6. The molecule has 0 radical (unpaired) electrons. The zero-order valence-electron chi connectivity index (χ0n) is 16.8. The van der Waals surface area contributed by atoms with Crippen LogP contribution in [0.4, 0.5) is 0 Å². The van der Waals surface area contributed by atoms with Gasteiger partial charge in [-0.2, -0.15) is 0 Å². The summed E-state index contributed by atoms with van der Waals surface area (Å²) in [6.45, 7) is 4.19. The fourth-order valence-electron chi connectivity index (χ4n) is 4.56. The molecule has 2 nitrogen and oxygen atoms in total. The van der Waals surface area contributed by atoms with Crippen LogP contribution in [0.25, 0.3) is 21.5 Å². The summed E-state index contributed by atoms with van der Waals surface area (Å²) in [4.78, 5) is 2.51. The summed E-state index contributed by atoms with van der Waals surface area (Å²) < 4.78 is 6.35. The number of hydrogen-bond acceptors (Lipinski definition) is 2. The molecular weight excluding hydrogens is 354 g/mol. The second-order valence-corrected chi connectivity index (χ2v) is 7.98. The first-order valence-electron chi connectivity index (χ1n) is 10.7. The first kappa shape index (κ1) is 18.2. The van der Waals surface area contributed by atoms with Gasteiger partial charge < -0.3 is 4.74 Å². The molecule has 146 valence electrons. The molecule has 0 N–H and O–H groups in total. The molecule has 2 heteroatoms. The maximum atomic E-state index is 6.35. The number of likely N-dealkylation sites (tertiary alicyclic amines) is 1. The molecular formula is C27H27NO. The van der Waals surface area contributed by atoms with Gasteiger partial charge in [-0.3, -0.25) is 4.90 Å². The number of ether oxygens (including phenoxy) is 1. The average molecular weight is 382 g/mol. The molecule has 1 saturated heterocycles. The molecule has 1 heterocycles. The van der Waals surface area contributed by atoms with Crippen LogP contribution in [-0.4, -0.2) is 31.1 Å². The van der Waals surface area contributed by atoms with E-state index in [2.05, 4.69) is 83.8 Å². The van der Waals surface area contributed by atoms with Gasteiger partial charge in [0.25, 0.3) is 0 Å². The Morgan fingerprint density at radius 1 is 0.690 bits per heavy atom. The first-order valence-corrected chi connectivity index (χ1v) is 10.7. The Morgan fingerprint density at radius 3 is 2.21 bits per heavy atom. The Morgan fingerprint density at radius 2 is 1.38 bits per heavy atom. The maximum absolute atomic E-state index is 6.35. The van der Waals surface area contributed by atoms with E-state index in [-0.39, 0.29) is 0 Å². The Bertz CT molecular complexity index is 1120. The molecule has 0 aromatic heterocycles. The normalized spacial score (nSPS) is 14.6. The second-order valence-electron chi connectivity index (χ2n) is 7.98. The van der Waals surface area contributed by atoms with Crippen molar-refractivity contribution in [3.63, 3.8) is 0 Å². The molecule has 29 heavy (non-hydrogen) atoms. The van der Waals surface area contributed by atoms with Gasteiger partial charge in [0.2, 0.25) is 0 Å². The van der Waals surface area contributed by atoms with Gasteiger partial charge in [-0.1, -0.05) is 72.8 Å². The van der Waals surface area contributed by atoms with Crippen molar-refractivity contribution < 1.29 is 4.74 Å². The van der Waals surface area contributed by atoms with Crippen molar-refractivity contribution in [2.75, 3.05) is 26.2 Å². The summed E-state index contributed by atoms with van der Waals surface area (Å²) in [5.74, 6) is 1.02. The maximum Gasteiger partial charge on any atom is 0.123 e. The lowest BCUT2D eigenvalue weighted by molar-refractivity contribution is 0.237. The highest BCUT2D eigenvalue weighted by Crippen LogP contribution is 2.32. The molecule has 0 atom stereocenters. The van der Waals surface area contributed by atoms with Crippen molar-refractivity contribution in [3.05, 3.63) is 90.0 Å². The van der Waals surface area contributed by atoms with Crippen molar-refractivity contribution >= 4 is 21.5 Å². The summed E-state index contributed by atoms with van der Waals surface area (Å²) in [7, 11) is 0. The third kappa shape index (κ3) is 3.86. The van der Waals surface area contributed by atoms with Crippen LogP contribution in [0.15, 0.2) is 78.9 Å². The molecule has 0 bridgehead atoms. The molecule has 4 aromatic rings. The standard InChI is InChI=1S/C27H27NO/c1-3-12-24-21(8-1)10-7-11-23(24)20-26-25-13-4-2-9-22(25)14-15-27(26)29-19-18-28-16-5-6-17-28/h1-4,7-15H,5-6,16-20H2. The topological polar surface area (TPSA) is 12.5 Å². The van der Waals surface area contributed by atoms with Gasteiger partial charge in [0, 0.05) is 18.5 Å². The van der Waals surface area contributed by atoms with Crippen LogP contribution in [0.3, 0.4) is 0 Å². The van der Waals surface area contributed by atoms with E-state index in [4.69, 9.17) is 4.74 Å². The quantitative estimate of drug-likeness (QED) is 0.403. The van der Waals surface area contributed by atoms with E-state index >= 15 is 0 Å². The summed E-state index contributed by atoms with van der Waals surface area (Å²) in [6, 6.07) is 28.3.